The molecule has 1 aliphatic rings. The molecule has 0 radical (unpaired) electrons. The highest BCUT2D eigenvalue weighted by Crippen LogP contribution is 2.36. The molecule has 0 bridgehead atoms. The first-order chi connectivity index (χ1) is 9.33. The zero-order valence-electron chi connectivity index (χ0n) is 10.9. The second-order valence-corrected chi connectivity index (χ2v) is 6.33. The second-order valence-electron chi connectivity index (χ2n) is 5.43. The first-order valence-corrected chi connectivity index (χ1v) is 7.74. The quantitative estimate of drug-likeness (QED) is 0.902. The highest BCUT2D eigenvalue weighted by Gasteiger charge is 2.31. The van der Waals surface area contributed by atoms with Crippen LogP contribution < -0.4 is 5.32 Å². The van der Waals surface area contributed by atoms with Crippen molar-refractivity contribution in [3.8, 4) is 0 Å². The molecule has 0 unspecified atom stereocenters. The second kappa shape index (κ2) is 5.43. The summed E-state index contributed by atoms with van der Waals surface area (Å²) in [5.74, 6) is 0.893. The van der Waals surface area contributed by atoms with Crippen LogP contribution in [0, 0.1) is 5.41 Å². The molecule has 0 aliphatic heterocycles. The lowest BCUT2D eigenvalue weighted by molar-refractivity contribution is 0.0943. The molecule has 2 N–H and O–H groups in total. The van der Waals surface area contributed by atoms with Crippen LogP contribution in [-0.2, 0) is 0 Å². The smallest absolute Gasteiger partial charge is 0.138 e. The lowest BCUT2D eigenvalue weighted by Crippen LogP contribution is -2.35. The fourth-order valence-corrected chi connectivity index (χ4v) is 3.63. The van der Waals surface area contributed by atoms with Crippen molar-refractivity contribution in [2.45, 2.75) is 32.1 Å². The number of thiophene rings is 1. The summed E-state index contributed by atoms with van der Waals surface area (Å²) in [5, 5.41) is 16.3. The number of fused-ring (bicyclic) bond motifs is 1. The molecule has 4 nitrogen and oxygen atoms in total. The molecule has 19 heavy (non-hydrogen) atoms. The third-order valence-corrected chi connectivity index (χ3v) is 4.96. The van der Waals surface area contributed by atoms with E-state index in [2.05, 4.69) is 21.4 Å². The van der Waals surface area contributed by atoms with Crippen LogP contribution >= 0.6 is 11.3 Å². The van der Waals surface area contributed by atoms with Crippen molar-refractivity contribution >= 4 is 27.4 Å². The van der Waals surface area contributed by atoms with E-state index in [9.17, 15) is 5.11 Å². The van der Waals surface area contributed by atoms with Crippen LogP contribution in [0.3, 0.4) is 0 Å². The summed E-state index contributed by atoms with van der Waals surface area (Å²) in [6.45, 7) is 1.06. The predicted molar refractivity (Wildman–Crippen MR) is 78.5 cm³/mol. The Morgan fingerprint density at radius 3 is 2.89 bits per heavy atom. The van der Waals surface area contributed by atoms with Gasteiger partial charge in [0.05, 0.1) is 12.0 Å². The average molecular weight is 277 g/mol. The van der Waals surface area contributed by atoms with Crippen molar-refractivity contribution in [2.24, 2.45) is 5.41 Å². The number of aliphatic hydroxyl groups excluding tert-OH is 1. The molecule has 0 spiro atoms. The molecule has 0 aromatic carbocycles. The maximum Gasteiger partial charge on any atom is 0.138 e. The van der Waals surface area contributed by atoms with Crippen molar-refractivity contribution < 1.29 is 5.11 Å². The van der Waals surface area contributed by atoms with E-state index in [1.807, 2.05) is 5.38 Å². The van der Waals surface area contributed by atoms with Gasteiger partial charge in [0, 0.05) is 12.0 Å². The van der Waals surface area contributed by atoms with Gasteiger partial charge in [-0.05, 0) is 24.3 Å². The van der Waals surface area contributed by atoms with Crippen LogP contribution in [0.2, 0.25) is 0 Å². The summed E-state index contributed by atoms with van der Waals surface area (Å²) >= 11 is 1.63. The summed E-state index contributed by atoms with van der Waals surface area (Å²) in [7, 11) is 0. The highest BCUT2D eigenvalue weighted by atomic mass is 32.1. The molecule has 0 atom stereocenters. The van der Waals surface area contributed by atoms with E-state index >= 15 is 0 Å². The SMILES string of the molecule is OCC1(CNc2ncnc3sccc23)CCCCC1. The molecule has 3 rings (SSSR count). The van der Waals surface area contributed by atoms with E-state index in [1.165, 1.54) is 19.3 Å². The number of rotatable bonds is 4. The normalized spacial score (nSPS) is 18.6. The summed E-state index contributed by atoms with van der Waals surface area (Å²) in [4.78, 5) is 9.60. The van der Waals surface area contributed by atoms with Gasteiger partial charge < -0.3 is 10.4 Å². The van der Waals surface area contributed by atoms with Gasteiger partial charge in [-0.3, -0.25) is 0 Å². The molecular weight excluding hydrogens is 258 g/mol. The number of nitrogens with one attached hydrogen (secondary N) is 1. The first-order valence-electron chi connectivity index (χ1n) is 6.86. The van der Waals surface area contributed by atoms with Gasteiger partial charge in [-0.25, -0.2) is 9.97 Å². The molecule has 1 saturated carbocycles. The number of nitrogens with zero attached hydrogens (tertiary/aromatic N) is 2. The predicted octanol–water partition coefficient (Wildman–Crippen LogP) is 3.05. The van der Waals surface area contributed by atoms with E-state index in [-0.39, 0.29) is 12.0 Å². The summed E-state index contributed by atoms with van der Waals surface area (Å²) in [6, 6.07) is 2.05. The van der Waals surface area contributed by atoms with Crippen LogP contribution in [0.5, 0.6) is 0 Å². The zero-order valence-corrected chi connectivity index (χ0v) is 11.7. The Morgan fingerprint density at radius 1 is 1.26 bits per heavy atom. The number of hydrogen-bond donors (Lipinski definition) is 2. The van der Waals surface area contributed by atoms with Crippen molar-refractivity contribution in [3.05, 3.63) is 17.8 Å². The van der Waals surface area contributed by atoms with Crippen molar-refractivity contribution in [3.63, 3.8) is 0 Å². The summed E-state index contributed by atoms with van der Waals surface area (Å²) < 4.78 is 0. The Kier molecular flexibility index (Phi) is 3.66. The maximum absolute atomic E-state index is 9.72. The summed E-state index contributed by atoms with van der Waals surface area (Å²) in [5.41, 5.74) is 0.0333. The third-order valence-electron chi connectivity index (χ3n) is 4.14. The van der Waals surface area contributed by atoms with Gasteiger partial charge in [0.25, 0.3) is 0 Å². The van der Waals surface area contributed by atoms with Gasteiger partial charge in [-0.2, -0.15) is 0 Å². The lowest BCUT2D eigenvalue weighted by atomic mass is 9.74. The topological polar surface area (TPSA) is 58.0 Å². The van der Waals surface area contributed by atoms with Crippen molar-refractivity contribution in [1.29, 1.82) is 0 Å². The van der Waals surface area contributed by atoms with Crippen LogP contribution in [0.25, 0.3) is 10.2 Å². The third kappa shape index (κ3) is 2.58. The molecule has 0 amide bonds. The molecule has 1 fully saturated rings. The zero-order chi connectivity index (χ0) is 13.1. The Balaban J connectivity index is 1.76. The Hall–Kier alpha value is -1.20. The number of hydrogen-bond acceptors (Lipinski definition) is 5. The molecule has 2 aromatic heterocycles. The van der Waals surface area contributed by atoms with Gasteiger partial charge in [0.15, 0.2) is 0 Å². The molecular formula is C14H19N3OS. The lowest BCUT2D eigenvalue weighted by Gasteiger charge is -2.35. The van der Waals surface area contributed by atoms with Crippen LogP contribution in [0.1, 0.15) is 32.1 Å². The minimum absolute atomic E-state index is 0.0333. The number of aliphatic hydroxyl groups is 1. The van der Waals surface area contributed by atoms with E-state index in [4.69, 9.17) is 0 Å². The Morgan fingerprint density at radius 2 is 2.11 bits per heavy atom. The van der Waals surface area contributed by atoms with E-state index in [0.29, 0.717) is 0 Å². The average Bonchev–Trinajstić information content (AvgIpc) is 2.95. The van der Waals surface area contributed by atoms with Gasteiger partial charge in [-0.1, -0.05) is 19.3 Å². The van der Waals surface area contributed by atoms with Gasteiger partial charge in [0.1, 0.15) is 17.0 Å². The number of aromatic nitrogens is 2. The first kappa shape index (κ1) is 12.8. The van der Waals surface area contributed by atoms with E-state index in [0.717, 1.165) is 35.4 Å². The largest absolute Gasteiger partial charge is 0.396 e. The fourth-order valence-electron chi connectivity index (χ4n) is 2.89. The Labute approximate surface area is 116 Å². The van der Waals surface area contributed by atoms with Crippen molar-refractivity contribution in [1.82, 2.24) is 9.97 Å². The maximum atomic E-state index is 9.72. The molecule has 0 saturated heterocycles. The molecule has 1 aliphatic carbocycles. The fraction of sp³-hybridized carbons (Fsp3) is 0.571. The molecule has 5 heteroatoms. The van der Waals surface area contributed by atoms with E-state index < -0.39 is 0 Å². The van der Waals surface area contributed by atoms with Gasteiger partial charge in [-0.15, -0.1) is 11.3 Å². The minimum Gasteiger partial charge on any atom is -0.396 e. The van der Waals surface area contributed by atoms with Crippen LogP contribution in [0.4, 0.5) is 5.82 Å². The van der Waals surface area contributed by atoms with Gasteiger partial charge in [0.2, 0.25) is 0 Å². The monoisotopic (exact) mass is 277 g/mol. The molecule has 2 heterocycles. The molecule has 2 aromatic rings. The molecule has 102 valence electrons. The number of anilines is 1. The summed E-state index contributed by atoms with van der Waals surface area (Å²) in [6.07, 6.45) is 7.56. The highest BCUT2D eigenvalue weighted by molar-refractivity contribution is 7.16. The minimum atomic E-state index is 0.0333. The van der Waals surface area contributed by atoms with Gasteiger partial charge >= 0.3 is 0 Å². The van der Waals surface area contributed by atoms with E-state index in [1.54, 1.807) is 17.7 Å². The standard InChI is InChI=1S/C14H19N3OS/c18-9-14(5-2-1-3-6-14)8-15-12-11-4-7-19-13(11)17-10-16-12/h4,7,10,18H,1-3,5-6,8-9H2,(H,15,16,17). The van der Waals surface area contributed by atoms with Crippen molar-refractivity contribution in [2.75, 3.05) is 18.5 Å². The van der Waals surface area contributed by atoms with Crippen LogP contribution in [-0.4, -0.2) is 28.2 Å². The Bertz CT molecular complexity index is 548. The van der Waals surface area contributed by atoms with Crippen LogP contribution in [0.15, 0.2) is 17.8 Å².